The van der Waals surface area contributed by atoms with Gasteiger partial charge in [0.05, 0.1) is 24.6 Å². The van der Waals surface area contributed by atoms with Crippen LogP contribution in [0.4, 0.5) is 0 Å². The highest BCUT2D eigenvalue weighted by Gasteiger charge is 2.28. The van der Waals surface area contributed by atoms with E-state index >= 15 is 0 Å². The van der Waals surface area contributed by atoms with Crippen LogP contribution >= 0.6 is 15.9 Å². The van der Waals surface area contributed by atoms with Crippen LogP contribution in [-0.4, -0.2) is 51.6 Å². The SMILES string of the molecule is COc1cc(OC)c(S(=O)(=O)N(C)CC(C)C(=O)O)cc1Br. The van der Waals surface area contributed by atoms with Gasteiger partial charge in [-0.15, -0.1) is 0 Å². The molecule has 0 saturated carbocycles. The minimum atomic E-state index is -3.90. The van der Waals surface area contributed by atoms with Crippen LogP contribution in [0.15, 0.2) is 21.5 Å². The highest BCUT2D eigenvalue weighted by atomic mass is 79.9. The average molecular weight is 396 g/mol. The monoisotopic (exact) mass is 395 g/mol. The van der Waals surface area contributed by atoms with Crippen molar-refractivity contribution in [3.63, 3.8) is 0 Å². The van der Waals surface area contributed by atoms with Crippen LogP contribution < -0.4 is 9.47 Å². The van der Waals surface area contributed by atoms with E-state index in [1.807, 2.05) is 0 Å². The number of carboxylic acid groups (broad SMARTS) is 1. The molecule has 0 aromatic heterocycles. The Morgan fingerprint density at radius 1 is 1.32 bits per heavy atom. The van der Waals surface area contributed by atoms with Crippen molar-refractivity contribution in [3.8, 4) is 11.5 Å². The van der Waals surface area contributed by atoms with Crippen LogP contribution in [0.5, 0.6) is 11.5 Å². The van der Waals surface area contributed by atoms with Gasteiger partial charge in [0.2, 0.25) is 10.0 Å². The third-order valence-corrected chi connectivity index (χ3v) is 5.54. The molecule has 1 rings (SSSR count). The molecule has 0 amide bonds. The second kappa shape index (κ2) is 7.30. The Balaban J connectivity index is 3.27. The van der Waals surface area contributed by atoms with E-state index < -0.39 is 21.9 Å². The summed E-state index contributed by atoms with van der Waals surface area (Å²) in [5.74, 6) is -1.34. The summed E-state index contributed by atoms with van der Waals surface area (Å²) >= 11 is 3.23. The number of carbonyl (C=O) groups is 1. The number of halogens is 1. The zero-order valence-corrected chi connectivity index (χ0v) is 15.1. The Morgan fingerprint density at radius 3 is 2.32 bits per heavy atom. The van der Waals surface area contributed by atoms with Crippen LogP contribution in [0, 0.1) is 5.92 Å². The lowest BCUT2D eigenvalue weighted by Gasteiger charge is -2.21. The lowest BCUT2D eigenvalue weighted by Crippen LogP contribution is -2.34. The van der Waals surface area contributed by atoms with Gasteiger partial charge < -0.3 is 14.6 Å². The maximum absolute atomic E-state index is 12.6. The Bertz CT molecular complexity index is 661. The Labute approximate surface area is 138 Å². The summed E-state index contributed by atoms with van der Waals surface area (Å²) in [5.41, 5.74) is 0. The number of methoxy groups -OCH3 is 2. The van der Waals surface area contributed by atoms with E-state index in [0.717, 1.165) is 4.31 Å². The summed E-state index contributed by atoms with van der Waals surface area (Å²) in [6.07, 6.45) is 0. The highest BCUT2D eigenvalue weighted by Crippen LogP contribution is 2.36. The molecular formula is C13H18BrNO6S. The van der Waals surface area contributed by atoms with Crippen molar-refractivity contribution in [3.05, 3.63) is 16.6 Å². The predicted molar refractivity (Wildman–Crippen MR) is 83.9 cm³/mol. The number of nitrogens with zero attached hydrogens (tertiary/aromatic N) is 1. The van der Waals surface area contributed by atoms with Gasteiger partial charge in [0.1, 0.15) is 16.4 Å². The number of sulfonamides is 1. The minimum absolute atomic E-state index is 0.0669. The number of carboxylic acids is 1. The van der Waals surface area contributed by atoms with Crippen molar-refractivity contribution < 1.29 is 27.8 Å². The van der Waals surface area contributed by atoms with E-state index in [1.165, 1.54) is 40.3 Å². The molecule has 0 spiro atoms. The number of hydrogen-bond donors (Lipinski definition) is 1. The van der Waals surface area contributed by atoms with Crippen molar-refractivity contribution >= 4 is 31.9 Å². The Hall–Kier alpha value is -1.32. The van der Waals surface area contributed by atoms with Gasteiger partial charge in [-0.05, 0) is 22.0 Å². The first kappa shape index (κ1) is 18.7. The van der Waals surface area contributed by atoms with Crippen LogP contribution in [0.3, 0.4) is 0 Å². The molecule has 0 fully saturated rings. The second-order valence-electron chi connectivity index (χ2n) is 4.66. The fraction of sp³-hybridized carbons (Fsp3) is 0.462. The van der Waals surface area contributed by atoms with Gasteiger partial charge in [0.15, 0.2) is 0 Å². The number of hydrogen-bond acceptors (Lipinski definition) is 5. The predicted octanol–water partition coefficient (Wildman–Crippen LogP) is 1.81. The maximum Gasteiger partial charge on any atom is 0.307 e. The first-order valence-electron chi connectivity index (χ1n) is 6.25. The lowest BCUT2D eigenvalue weighted by molar-refractivity contribution is -0.141. The molecule has 1 unspecified atom stereocenters. The topological polar surface area (TPSA) is 93.1 Å². The summed E-state index contributed by atoms with van der Waals surface area (Å²) in [7, 11) is 0.229. The molecule has 0 radical (unpaired) electrons. The molecule has 7 nitrogen and oxygen atoms in total. The van der Waals surface area contributed by atoms with Crippen molar-refractivity contribution in [2.24, 2.45) is 5.92 Å². The van der Waals surface area contributed by atoms with Gasteiger partial charge in [-0.3, -0.25) is 4.79 Å². The molecule has 0 bridgehead atoms. The molecule has 1 aromatic rings. The van der Waals surface area contributed by atoms with Crippen molar-refractivity contribution in [1.82, 2.24) is 4.31 Å². The standard InChI is InChI=1S/C13H18BrNO6S/c1-8(13(16)17)7-15(2)22(18,19)12-5-9(14)10(20-3)6-11(12)21-4/h5-6,8H,7H2,1-4H3,(H,16,17). The quantitative estimate of drug-likeness (QED) is 0.756. The van der Waals surface area contributed by atoms with Crippen LogP contribution in [-0.2, 0) is 14.8 Å². The first-order chi connectivity index (χ1) is 10.1. The van der Waals surface area contributed by atoms with E-state index in [1.54, 1.807) is 0 Å². The second-order valence-corrected chi connectivity index (χ2v) is 7.53. The van der Waals surface area contributed by atoms with Crippen LogP contribution in [0.2, 0.25) is 0 Å². The van der Waals surface area contributed by atoms with Crippen LogP contribution in [0.1, 0.15) is 6.92 Å². The summed E-state index contributed by atoms with van der Waals surface area (Å²) in [5, 5.41) is 8.91. The zero-order chi connectivity index (χ0) is 17.1. The Kier molecular flexibility index (Phi) is 6.21. The van der Waals surface area contributed by atoms with Gasteiger partial charge in [-0.1, -0.05) is 6.92 Å². The molecule has 0 saturated heterocycles. The molecule has 0 aliphatic heterocycles. The molecule has 1 aromatic carbocycles. The van der Waals surface area contributed by atoms with Gasteiger partial charge in [-0.2, -0.15) is 4.31 Å². The fourth-order valence-electron chi connectivity index (χ4n) is 1.76. The van der Waals surface area contributed by atoms with E-state index in [2.05, 4.69) is 15.9 Å². The molecule has 1 atom stereocenters. The first-order valence-corrected chi connectivity index (χ1v) is 8.49. The molecule has 0 heterocycles. The number of aliphatic carboxylic acids is 1. The van der Waals surface area contributed by atoms with E-state index in [9.17, 15) is 13.2 Å². The molecule has 124 valence electrons. The van der Waals surface area contributed by atoms with Gasteiger partial charge in [0, 0.05) is 19.7 Å². The molecular weight excluding hydrogens is 378 g/mol. The number of ether oxygens (including phenoxy) is 2. The van der Waals surface area contributed by atoms with Crippen molar-refractivity contribution in [2.75, 3.05) is 27.8 Å². The van der Waals surface area contributed by atoms with E-state index in [0.29, 0.717) is 10.2 Å². The molecule has 22 heavy (non-hydrogen) atoms. The number of rotatable bonds is 7. The third-order valence-electron chi connectivity index (χ3n) is 3.08. The van der Waals surface area contributed by atoms with Gasteiger partial charge >= 0.3 is 5.97 Å². The van der Waals surface area contributed by atoms with Crippen LogP contribution in [0.25, 0.3) is 0 Å². The average Bonchev–Trinajstić information content (AvgIpc) is 2.46. The summed E-state index contributed by atoms with van der Waals surface area (Å²) in [6, 6.07) is 2.82. The molecule has 0 aliphatic carbocycles. The molecule has 0 aliphatic rings. The highest BCUT2D eigenvalue weighted by molar-refractivity contribution is 9.10. The van der Waals surface area contributed by atoms with Gasteiger partial charge in [0.25, 0.3) is 0 Å². The smallest absolute Gasteiger partial charge is 0.307 e. The third kappa shape index (κ3) is 3.90. The fourth-order valence-corrected chi connectivity index (χ4v) is 3.84. The van der Waals surface area contributed by atoms with Gasteiger partial charge in [-0.25, -0.2) is 8.42 Å². The Morgan fingerprint density at radius 2 is 1.86 bits per heavy atom. The van der Waals surface area contributed by atoms with Crippen molar-refractivity contribution in [2.45, 2.75) is 11.8 Å². The van der Waals surface area contributed by atoms with E-state index in [-0.39, 0.29) is 17.2 Å². The summed E-state index contributed by atoms with van der Waals surface area (Å²) in [6.45, 7) is 1.29. The molecule has 9 heteroatoms. The summed E-state index contributed by atoms with van der Waals surface area (Å²) < 4.78 is 36.9. The number of benzene rings is 1. The molecule has 1 N–H and O–H groups in total. The maximum atomic E-state index is 12.6. The lowest BCUT2D eigenvalue weighted by atomic mass is 10.2. The largest absolute Gasteiger partial charge is 0.495 e. The minimum Gasteiger partial charge on any atom is -0.495 e. The van der Waals surface area contributed by atoms with Crippen molar-refractivity contribution in [1.29, 1.82) is 0 Å². The normalized spacial score (nSPS) is 13.0. The zero-order valence-electron chi connectivity index (χ0n) is 12.7. The van der Waals surface area contributed by atoms with E-state index in [4.69, 9.17) is 14.6 Å². The summed E-state index contributed by atoms with van der Waals surface area (Å²) in [4.78, 5) is 10.8.